The molecule has 0 unspecified atom stereocenters. The lowest BCUT2D eigenvalue weighted by atomic mass is 9.88. The summed E-state index contributed by atoms with van der Waals surface area (Å²) in [5, 5.41) is 7.77. The highest BCUT2D eigenvalue weighted by atomic mass is 35.5. The molecular weight excluding hydrogens is 505 g/mol. The third-order valence-electron chi connectivity index (χ3n) is 5.82. The van der Waals surface area contributed by atoms with Crippen LogP contribution in [0.1, 0.15) is 32.0 Å². The second-order valence-electron chi connectivity index (χ2n) is 7.83. The van der Waals surface area contributed by atoms with E-state index in [2.05, 4.69) is 15.4 Å². The summed E-state index contributed by atoms with van der Waals surface area (Å²) in [7, 11) is 0. The number of amides is 2. The van der Waals surface area contributed by atoms with Crippen LogP contribution in [0.5, 0.6) is 0 Å². The van der Waals surface area contributed by atoms with Crippen LogP contribution in [0.4, 0.5) is 5.69 Å². The minimum Gasteiger partial charge on any atom is -0.364 e. The molecule has 3 N–H and O–H groups in total. The first kappa shape index (κ1) is 24.8. The zero-order chi connectivity index (χ0) is 23.8. The van der Waals surface area contributed by atoms with Crippen LogP contribution in [0.3, 0.4) is 0 Å². The summed E-state index contributed by atoms with van der Waals surface area (Å²) in [5.74, 6) is -0.890. The van der Waals surface area contributed by atoms with Crippen molar-refractivity contribution in [2.75, 3.05) is 11.6 Å². The second-order valence-corrected chi connectivity index (χ2v) is 9.12. The number of aryl methyl sites for hydroxylation is 1. The maximum absolute atomic E-state index is 12.8. The first-order valence-electron chi connectivity index (χ1n) is 10.6. The number of anilines is 1. The molecule has 0 saturated carbocycles. The minimum atomic E-state index is -0.559. The van der Waals surface area contributed by atoms with Crippen molar-refractivity contribution in [3.05, 3.63) is 88.3 Å². The van der Waals surface area contributed by atoms with Gasteiger partial charge in [0.25, 0.3) is 11.8 Å². The van der Waals surface area contributed by atoms with Crippen LogP contribution in [0.2, 0.25) is 5.02 Å². The number of primary amides is 1. The van der Waals surface area contributed by atoms with E-state index in [1.807, 2.05) is 48.7 Å². The van der Waals surface area contributed by atoms with Gasteiger partial charge < -0.3 is 11.1 Å². The highest BCUT2D eigenvalue weighted by Crippen LogP contribution is 2.38. The average Bonchev–Trinajstić information content (AvgIpc) is 3.25. The molecule has 1 aliphatic rings. The Kier molecular flexibility index (Phi) is 7.16. The molecule has 2 aromatic heterocycles. The summed E-state index contributed by atoms with van der Waals surface area (Å²) in [5.41, 5.74) is 11.3. The van der Waals surface area contributed by atoms with Crippen molar-refractivity contribution in [3.63, 3.8) is 0 Å². The number of carbonyl (C=O) groups is 2. The van der Waals surface area contributed by atoms with E-state index in [-0.39, 0.29) is 29.0 Å². The molecule has 4 aromatic rings. The molecular formula is C25H21Cl2N5O2S. The van der Waals surface area contributed by atoms with Crippen LogP contribution in [0.15, 0.2) is 65.8 Å². The molecule has 0 radical (unpaired) electrons. The van der Waals surface area contributed by atoms with Gasteiger partial charge in [-0.3, -0.25) is 14.6 Å². The third-order valence-corrected chi connectivity index (χ3v) is 6.86. The second kappa shape index (κ2) is 10.1. The van der Waals surface area contributed by atoms with E-state index >= 15 is 0 Å². The smallest absolute Gasteiger partial charge is 0.269 e. The summed E-state index contributed by atoms with van der Waals surface area (Å²) < 4.78 is 1.77. The van der Waals surface area contributed by atoms with Gasteiger partial charge >= 0.3 is 0 Å². The predicted octanol–water partition coefficient (Wildman–Crippen LogP) is 5.18. The first-order valence-corrected chi connectivity index (χ1v) is 12.2. The van der Waals surface area contributed by atoms with Gasteiger partial charge in [-0.05, 0) is 67.1 Å². The number of nitrogens with zero attached hydrogens (tertiary/aromatic N) is 3. The van der Waals surface area contributed by atoms with Gasteiger partial charge in [0.1, 0.15) is 0 Å². The van der Waals surface area contributed by atoms with Gasteiger partial charge in [0, 0.05) is 34.1 Å². The molecule has 10 heteroatoms. The van der Waals surface area contributed by atoms with Crippen LogP contribution >= 0.6 is 35.8 Å². The Labute approximate surface area is 217 Å². The fraction of sp³-hybridized carbons (Fsp3) is 0.120. The van der Waals surface area contributed by atoms with Gasteiger partial charge in [0.15, 0.2) is 5.69 Å². The summed E-state index contributed by atoms with van der Waals surface area (Å²) in [6, 6.07) is 15.3. The van der Waals surface area contributed by atoms with E-state index in [4.69, 9.17) is 17.3 Å². The van der Waals surface area contributed by atoms with Crippen LogP contribution in [-0.4, -0.2) is 32.8 Å². The highest BCUT2D eigenvalue weighted by molar-refractivity contribution is 7.98. The zero-order valence-corrected chi connectivity index (χ0v) is 21.0. The zero-order valence-electron chi connectivity index (χ0n) is 18.6. The number of nitrogens with two attached hydrogens (primary N) is 1. The lowest BCUT2D eigenvalue weighted by molar-refractivity contribution is 0.0992. The molecule has 0 saturated heterocycles. The number of hydrogen-bond donors (Lipinski definition) is 2. The van der Waals surface area contributed by atoms with E-state index in [1.165, 1.54) is 12.4 Å². The van der Waals surface area contributed by atoms with E-state index < -0.39 is 5.91 Å². The normalized spacial score (nSPS) is 11.7. The molecule has 0 aliphatic heterocycles. The van der Waals surface area contributed by atoms with Crippen molar-refractivity contribution >= 4 is 53.3 Å². The number of fused-ring (bicyclic) bond motifs is 3. The van der Waals surface area contributed by atoms with Crippen molar-refractivity contribution in [3.8, 4) is 16.9 Å². The predicted molar refractivity (Wildman–Crippen MR) is 141 cm³/mol. The van der Waals surface area contributed by atoms with Gasteiger partial charge in [-0.1, -0.05) is 17.7 Å². The van der Waals surface area contributed by atoms with Crippen LogP contribution < -0.4 is 11.1 Å². The molecule has 0 spiro atoms. The van der Waals surface area contributed by atoms with Gasteiger partial charge in [-0.25, -0.2) is 4.68 Å². The lowest BCUT2D eigenvalue weighted by Gasteiger charge is -2.20. The summed E-state index contributed by atoms with van der Waals surface area (Å²) in [4.78, 5) is 30.0. The quantitative estimate of drug-likeness (QED) is 0.349. The number of thioether (sulfide) groups is 1. The van der Waals surface area contributed by atoms with Gasteiger partial charge in [-0.15, -0.1) is 24.2 Å². The molecule has 0 fully saturated rings. The number of halogens is 2. The number of pyridine rings is 1. The van der Waals surface area contributed by atoms with Crippen molar-refractivity contribution in [2.24, 2.45) is 5.73 Å². The Morgan fingerprint density at radius 3 is 2.57 bits per heavy atom. The van der Waals surface area contributed by atoms with E-state index in [9.17, 15) is 9.59 Å². The minimum absolute atomic E-state index is 0. The molecule has 2 heterocycles. The average molecular weight is 526 g/mol. The third kappa shape index (κ3) is 4.65. The number of hydrogen-bond acceptors (Lipinski definition) is 5. The maximum atomic E-state index is 12.8. The summed E-state index contributed by atoms with van der Waals surface area (Å²) >= 11 is 7.78. The topological polar surface area (TPSA) is 103 Å². The fourth-order valence-corrected chi connectivity index (χ4v) is 4.80. The fourth-order valence-electron chi connectivity index (χ4n) is 4.18. The molecule has 5 rings (SSSR count). The Morgan fingerprint density at radius 2 is 1.89 bits per heavy atom. The van der Waals surface area contributed by atoms with Crippen molar-refractivity contribution in [2.45, 2.75) is 17.7 Å². The van der Waals surface area contributed by atoms with E-state index in [0.717, 1.165) is 39.4 Å². The van der Waals surface area contributed by atoms with Crippen molar-refractivity contribution in [1.29, 1.82) is 0 Å². The largest absolute Gasteiger partial charge is 0.364 e. The molecule has 0 bridgehead atoms. The van der Waals surface area contributed by atoms with Crippen molar-refractivity contribution < 1.29 is 9.59 Å². The van der Waals surface area contributed by atoms with Gasteiger partial charge in [0.2, 0.25) is 0 Å². The summed E-state index contributed by atoms with van der Waals surface area (Å²) in [6.07, 6.45) is 6.36. The molecule has 178 valence electrons. The molecule has 2 amide bonds. The van der Waals surface area contributed by atoms with E-state index in [1.54, 1.807) is 22.5 Å². The number of nitrogens with one attached hydrogen (secondary N) is 1. The molecule has 7 nitrogen and oxygen atoms in total. The van der Waals surface area contributed by atoms with Gasteiger partial charge in [-0.2, -0.15) is 5.10 Å². The summed E-state index contributed by atoms with van der Waals surface area (Å²) in [6.45, 7) is 0. The SMILES string of the molecule is CSc1ccc(-n2nc(C(N)=O)c3c2-c2cc(NC(=O)c4ccncc4Cl)ccc2CC3)cc1.Cl. The van der Waals surface area contributed by atoms with Gasteiger partial charge in [0.05, 0.1) is 22.0 Å². The van der Waals surface area contributed by atoms with Crippen LogP contribution in [0.25, 0.3) is 16.9 Å². The number of carbonyl (C=O) groups excluding carboxylic acids is 2. The van der Waals surface area contributed by atoms with Crippen LogP contribution in [0, 0.1) is 0 Å². The maximum Gasteiger partial charge on any atom is 0.269 e. The Morgan fingerprint density at radius 1 is 1.11 bits per heavy atom. The van der Waals surface area contributed by atoms with E-state index in [0.29, 0.717) is 17.7 Å². The number of rotatable bonds is 5. The molecule has 1 aliphatic carbocycles. The first-order chi connectivity index (χ1) is 16.5. The number of benzene rings is 2. The Hall–Kier alpha value is -3.33. The monoisotopic (exact) mass is 525 g/mol. The van der Waals surface area contributed by atoms with Crippen molar-refractivity contribution in [1.82, 2.24) is 14.8 Å². The molecule has 0 atom stereocenters. The Balaban J connectivity index is 0.00000289. The van der Waals surface area contributed by atoms with Crippen LogP contribution in [-0.2, 0) is 12.8 Å². The molecule has 2 aromatic carbocycles. The lowest BCUT2D eigenvalue weighted by Crippen LogP contribution is -2.16. The standard InChI is InChI=1S/C25H20ClN5O2S.ClH/c1-34-17-7-5-16(6-8-17)31-23-19(22(30-31)24(27)32)9-3-14-2-4-15(12-20(14)23)29-25(33)18-10-11-28-13-21(18)26;/h2,4-8,10-13H,3,9H2,1H3,(H2,27,32)(H,29,33);1H. The molecule has 35 heavy (non-hydrogen) atoms. The number of aromatic nitrogens is 3. The highest BCUT2D eigenvalue weighted by Gasteiger charge is 2.28. The Bertz CT molecular complexity index is 1440.